The number of amides is 1. The van der Waals surface area contributed by atoms with E-state index in [0.717, 1.165) is 11.3 Å². The standard InChI is InChI=1S/C20H20ClFN4O2S/c1-3-26-18(11-28-15-7-8-17(22)16(21)10-15)24-25-20(26)29-12-19(27)23-14-6-4-5-13(2)9-14/h4-10H,3,11-12H2,1-2H3,(H,23,27). The summed E-state index contributed by atoms with van der Waals surface area (Å²) < 4.78 is 20.7. The molecule has 1 heterocycles. The topological polar surface area (TPSA) is 69.0 Å². The number of aryl methyl sites for hydroxylation is 1. The second-order valence-electron chi connectivity index (χ2n) is 6.21. The van der Waals surface area contributed by atoms with E-state index in [9.17, 15) is 9.18 Å². The molecule has 0 aliphatic rings. The number of carbonyl (C=O) groups is 1. The molecule has 3 rings (SSSR count). The third-order valence-corrected chi connectivity index (χ3v) is 5.26. The minimum Gasteiger partial charge on any atom is -0.486 e. The maximum Gasteiger partial charge on any atom is 0.234 e. The Kier molecular flexibility index (Phi) is 7.11. The number of hydrogen-bond donors (Lipinski definition) is 1. The van der Waals surface area contributed by atoms with Gasteiger partial charge in [-0.3, -0.25) is 4.79 Å². The van der Waals surface area contributed by atoms with Gasteiger partial charge >= 0.3 is 0 Å². The molecule has 152 valence electrons. The van der Waals surface area contributed by atoms with Crippen molar-refractivity contribution in [3.05, 3.63) is 64.7 Å². The van der Waals surface area contributed by atoms with E-state index < -0.39 is 5.82 Å². The molecule has 1 N–H and O–H groups in total. The van der Waals surface area contributed by atoms with Crippen molar-refractivity contribution in [2.75, 3.05) is 11.1 Å². The second kappa shape index (κ2) is 9.76. The lowest BCUT2D eigenvalue weighted by atomic mass is 10.2. The van der Waals surface area contributed by atoms with Crippen LogP contribution >= 0.6 is 23.4 Å². The van der Waals surface area contributed by atoms with Crippen LogP contribution in [0.25, 0.3) is 0 Å². The van der Waals surface area contributed by atoms with Gasteiger partial charge in [0.05, 0.1) is 10.8 Å². The molecule has 0 aliphatic heterocycles. The number of halogens is 2. The van der Waals surface area contributed by atoms with Gasteiger partial charge in [0.2, 0.25) is 5.91 Å². The number of aromatic nitrogens is 3. The van der Waals surface area contributed by atoms with E-state index >= 15 is 0 Å². The molecule has 1 aromatic heterocycles. The van der Waals surface area contributed by atoms with Crippen molar-refractivity contribution in [2.45, 2.75) is 32.2 Å². The molecule has 0 radical (unpaired) electrons. The minimum absolute atomic E-state index is 0.00433. The van der Waals surface area contributed by atoms with Crippen molar-refractivity contribution in [2.24, 2.45) is 0 Å². The van der Waals surface area contributed by atoms with E-state index in [1.54, 1.807) is 0 Å². The molecule has 0 bridgehead atoms. The molecule has 3 aromatic rings. The Labute approximate surface area is 177 Å². The largest absolute Gasteiger partial charge is 0.486 e. The molecule has 0 aliphatic carbocycles. The van der Waals surface area contributed by atoms with Crippen LogP contribution in [0.4, 0.5) is 10.1 Å². The number of ether oxygens (including phenoxy) is 1. The summed E-state index contributed by atoms with van der Waals surface area (Å²) >= 11 is 7.07. The molecular formula is C20H20ClFN4O2S. The summed E-state index contributed by atoms with van der Waals surface area (Å²) in [6, 6.07) is 11.8. The van der Waals surface area contributed by atoms with Crippen molar-refractivity contribution < 1.29 is 13.9 Å². The molecule has 29 heavy (non-hydrogen) atoms. The van der Waals surface area contributed by atoms with E-state index in [1.807, 2.05) is 42.7 Å². The number of carbonyl (C=O) groups excluding carboxylic acids is 1. The molecule has 0 spiro atoms. The molecule has 9 heteroatoms. The Bertz CT molecular complexity index is 1010. The van der Waals surface area contributed by atoms with Crippen molar-refractivity contribution >= 4 is 35.0 Å². The van der Waals surface area contributed by atoms with Gasteiger partial charge < -0.3 is 14.6 Å². The van der Waals surface area contributed by atoms with E-state index in [4.69, 9.17) is 16.3 Å². The van der Waals surface area contributed by atoms with Gasteiger partial charge in [-0.15, -0.1) is 10.2 Å². The lowest BCUT2D eigenvalue weighted by Crippen LogP contribution is -2.15. The van der Waals surface area contributed by atoms with E-state index in [-0.39, 0.29) is 23.3 Å². The molecule has 0 saturated heterocycles. The summed E-state index contributed by atoms with van der Waals surface area (Å²) in [6.45, 7) is 4.70. The van der Waals surface area contributed by atoms with Gasteiger partial charge in [0.25, 0.3) is 0 Å². The maximum absolute atomic E-state index is 13.2. The highest BCUT2D eigenvalue weighted by molar-refractivity contribution is 7.99. The van der Waals surface area contributed by atoms with Crippen LogP contribution in [-0.2, 0) is 17.9 Å². The molecule has 0 atom stereocenters. The van der Waals surface area contributed by atoms with Crippen molar-refractivity contribution in [1.82, 2.24) is 14.8 Å². The smallest absolute Gasteiger partial charge is 0.234 e. The summed E-state index contributed by atoms with van der Waals surface area (Å²) in [5.74, 6) is 0.632. The number of hydrogen-bond acceptors (Lipinski definition) is 5. The molecule has 1 amide bonds. The maximum atomic E-state index is 13.2. The molecule has 0 unspecified atom stereocenters. The fraction of sp³-hybridized carbons (Fsp3) is 0.250. The predicted molar refractivity (Wildman–Crippen MR) is 112 cm³/mol. The number of benzene rings is 2. The highest BCUT2D eigenvalue weighted by Crippen LogP contribution is 2.23. The van der Waals surface area contributed by atoms with Crippen LogP contribution in [0.5, 0.6) is 5.75 Å². The molecule has 2 aromatic carbocycles. The molecule has 0 fully saturated rings. The van der Waals surface area contributed by atoms with Gasteiger partial charge in [-0.05, 0) is 43.7 Å². The summed E-state index contributed by atoms with van der Waals surface area (Å²) in [4.78, 5) is 12.2. The van der Waals surface area contributed by atoms with Gasteiger partial charge in [-0.25, -0.2) is 4.39 Å². The van der Waals surface area contributed by atoms with Crippen molar-refractivity contribution in [3.63, 3.8) is 0 Å². The third kappa shape index (κ3) is 5.71. The van der Waals surface area contributed by atoms with E-state index in [1.165, 1.54) is 30.0 Å². The Morgan fingerprint density at radius 2 is 2.10 bits per heavy atom. The number of nitrogens with zero attached hydrogens (tertiary/aromatic N) is 3. The van der Waals surface area contributed by atoms with Crippen LogP contribution in [-0.4, -0.2) is 26.4 Å². The quantitative estimate of drug-likeness (QED) is 0.520. The van der Waals surface area contributed by atoms with Crippen molar-refractivity contribution in [3.8, 4) is 5.75 Å². The zero-order valence-corrected chi connectivity index (χ0v) is 17.6. The van der Waals surface area contributed by atoms with E-state index in [0.29, 0.717) is 23.3 Å². The second-order valence-corrected chi connectivity index (χ2v) is 7.56. The van der Waals surface area contributed by atoms with Gasteiger partial charge in [0.1, 0.15) is 18.2 Å². The van der Waals surface area contributed by atoms with Gasteiger partial charge in [0.15, 0.2) is 11.0 Å². The predicted octanol–water partition coefficient (Wildman–Crippen LogP) is 4.71. The molecule has 0 saturated carbocycles. The first-order valence-corrected chi connectivity index (χ1v) is 10.3. The first kappa shape index (κ1) is 21.1. The summed E-state index contributed by atoms with van der Waals surface area (Å²) in [7, 11) is 0. The Balaban J connectivity index is 1.58. The molecular weight excluding hydrogens is 415 g/mol. The van der Waals surface area contributed by atoms with Gasteiger partial charge in [-0.1, -0.05) is 35.5 Å². The Morgan fingerprint density at radius 1 is 1.28 bits per heavy atom. The normalized spacial score (nSPS) is 10.8. The summed E-state index contributed by atoms with van der Waals surface area (Å²) in [6.07, 6.45) is 0. The fourth-order valence-corrected chi connectivity index (χ4v) is 3.61. The Hall–Kier alpha value is -2.58. The number of nitrogens with one attached hydrogen (secondary N) is 1. The molecule has 6 nitrogen and oxygen atoms in total. The Morgan fingerprint density at radius 3 is 2.83 bits per heavy atom. The number of rotatable bonds is 8. The van der Waals surface area contributed by atoms with Crippen LogP contribution in [0.15, 0.2) is 47.6 Å². The summed E-state index contributed by atoms with van der Waals surface area (Å²) in [5.41, 5.74) is 1.84. The summed E-state index contributed by atoms with van der Waals surface area (Å²) in [5, 5.41) is 11.8. The van der Waals surface area contributed by atoms with Crippen molar-refractivity contribution in [1.29, 1.82) is 0 Å². The highest BCUT2D eigenvalue weighted by Gasteiger charge is 2.14. The number of anilines is 1. The minimum atomic E-state index is -0.502. The van der Waals surface area contributed by atoms with Crippen LogP contribution < -0.4 is 10.1 Å². The van der Waals surface area contributed by atoms with Gasteiger partial charge in [0, 0.05) is 18.3 Å². The first-order valence-electron chi connectivity index (χ1n) is 8.95. The monoisotopic (exact) mass is 434 g/mol. The van der Waals surface area contributed by atoms with Crippen LogP contribution in [0.2, 0.25) is 5.02 Å². The average Bonchev–Trinajstić information content (AvgIpc) is 3.09. The third-order valence-electron chi connectivity index (χ3n) is 4.00. The van der Waals surface area contributed by atoms with E-state index in [2.05, 4.69) is 15.5 Å². The van der Waals surface area contributed by atoms with Gasteiger partial charge in [-0.2, -0.15) is 0 Å². The lowest BCUT2D eigenvalue weighted by molar-refractivity contribution is -0.113. The SMILES string of the molecule is CCn1c(COc2ccc(F)c(Cl)c2)nnc1SCC(=O)Nc1cccc(C)c1. The lowest BCUT2D eigenvalue weighted by Gasteiger charge is -2.09. The van der Waals surface area contributed by atoms with Crippen LogP contribution in [0.1, 0.15) is 18.3 Å². The zero-order valence-electron chi connectivity index (χ0n) is 16.0. The zero-order chi connectivity index (χ0) is 20.8. The first-order chi connectivity index (χ1) is 14.0. The highest BCUT2D eigenvalue weighted by atomic mass is 35.5. The van der Waals surface area contributed by atoms with Crippen LogP contribution in [0.3, 0.4) is 0 Å². The number of thioether (sulfide) groups is 1. The fourth-order valence-electron chi connectivity index (χ4n) is 2.61. The average molecular weight is 435 g/mol. The van der Waals surface area contributed by atoms with Crippen LogP contribution in [0, 0.1) is 12.7 Å².